The maximum Gasteiger partial charge on any atom is 0.0473 e. The van der Waals surface area contributed by atoms with Crippen LogP contribution in [-0.4, -0.2) is 54.6 Å². The van der Waals surface area contributed by atoms with Crippen LogP contribution in [0.2, 0.25) is 0 Å². The van der Waals surface area contributed by atoms with E-state index in [2.05, 4.69) is 30.7 Å². The monoisotopic (exact) mass is 239 g/mol. The Balaban J connectivity index is 2.02. The maximum absolute atomic E-state index is 6.14. The van der Waals surface area contributed by atoms with Crippen molar-refractivity contribution >= 4 is 0 Å². The van der Waals surface area contributed by atoms with Gasteiger partial charge in [-0.3, -0.25) is 4.90 Å². The molecule has 0 aromatic carbocycles. The van der Waals surface area contributed by atoms with E-state index in [9.17, 15) is 0 Å². The number of likely N-dealkylation sites (N-methyl/N-ethyl adjacent to an activating group) is 1. The minimum absolute atomic E-state index is 0.283. The zero-order valence-corrected chi connectivity index (χ0v) is 11.8. The molecule has 3 nitrogen and oxygen atoms in total. The summed E-state index contributed by atoms with van der Waals surface area (Å²) in [5.41, 5.74) is 6.42. The molecule has 0 bridgehead atoms. The molecule has 17 heavy (non-hydrogen) atoms. The van der Waals surface area contributed by atoms with Crippen LogP contribution in [0.5, 0.6) is 0 Å². The molecule has 1 heterocycles. The van der Waals surface area contributed by atoms with Crippen LogP contribution in [0.25, 0.3) is 0 Å². The lowest BCUT2D eigenvalue weighted by Gasteiger charge is -2.41. The van der Waals surface area contributed by atoms with Gasteiger partial charge in [-0.1, -0.05) is 13.8 Å². The summed E-state index contributed by atoms with van der Waals surface area (Å²) in [6.07, 6.45) is 5.35. The van der Waals surface area contributed by atoms with Crippen molar-refractivity contribution in [3.63, 3.8) is 0 Å². The van der Waals surface area contributed by atoms with E-state index < -0.39 is 0 Å². The second-order valence-corrected chi connectivity index (χ2v) is 6.52. The Kier molecular flexibility index (Phi) is 4.11. The minimum atomic E-state index is 0.283. The van der Waals surface area contributed by atoms with Gasteiger partial charge in [0.15, 0.2) is 0 Å². The van der Waals surface area contributed by atoms with E-state index in [0.717, 1.165) is 25.0 Å². The maximum atomic E-state index is 6.14. The molecule has 2 fully saturated rings. The van der Waals surface area contributed by atoms with Crippen molar-refractivity contribution in [2.75, 3.05) is 33.2 Å². The van der Waals surface area contributed by atoms with E-state index in [4.69, 9.17) is 5.73 Å². The largest absolute Gasteiger partial charge is 0.329 e. The van der Waals surface area contributed by atoms with Gasteiger partial charge in [0, 0.05) is 24.7 Å². The van der Waals surface area contributed by atoms with Crippen LogP contribution in [0.3, 0.4) is 0 Å². The first-order valence-electron chi connectivity index (χ1n) is 7.23. The summed E-state index contributed by atoms with van der Waals surface area (Å²) < 4.78 is 0. The van der Waals surface area contributed by atoms with E-state index in [1.165, 1.54) is 38.8 Å². The van der Waals surface area contributed by atoms with Gasteiger partial charge in [-0.2, -0.15) is 0 Å². The summed E-state index contributed by atoms with van der Waals surface area (Å²) >= 11 is 0. The molecule has 0 spiro atoms. The summed E-state index contributed by atoms with van der Waals surface area (Å²) in [6.45, 7) is 9.08. The highest BCUT2D eigenvalue weighted by Gasteiger charge is 2.46. The van der Waals surface area contributed by atoms with Gasteiger partial charge in [0.1, 0.15) is 0 Å². The van der Waals surface area contributed by atoms with Gasteiger partial charge >= 0.3 is 0 Å². The molecule has 0 amide bonds. The molecule has 1 atom stereocenters. The average Bonchev–Trinajstić information content (AvgIpc) is 3.03. The molecule has 1 aliphatic heterocycles. The zero-order chi connectivity index (χ0) is 12.5. The Bertz CT molecular complexity index is 250. The third-order valence-electron chi connectivity index (χ3n) is 4.45. The minimum Gasteiger partial charge on any atom is -0.329 e. The zero-order valence-electron chi connectivity index (χ0n) is 11.8. The standard InChI is InChI=1S/C14H29N3/c1-12(2)6-8-17(13-4-5-13)14(10-15)7-9-16(3)11-14/h12-13H,4-11,15H2,1-3H3. The summed E-state index contributed by atoms with van der Waals surface area (Å²) in [5.74, 6) is 0.796. The number of rotatable bonds is 6. The fourth-order valence-electron chi connectivity index (χ4n) is 3.17. The quantitative estimate of drug-likeness (QED) is 0.763. The Hall–Kier alpha value is -0.120. The summed E-state index contributed by atoms with van der Waals surface area (Å²) in [7, 11) is 2.23. The number of hydrogen-bond donors (Lipinski definition) is 1. The number of hydrogen-bond acceptors (Lipinski definition) is 3. The van der Waals surface area contributed by atoms with Crippen molar-refractivity contribution in [1.29, 1.82) is 0 Å². The van der Waals surface area contributed by atoms with Crippen molar-refractivity contribution in [1.82, 2.24) is 9.80 Å². The van der Waals surface area contributed by atoms with Crippen molar-refractivity contribution in [3.8, 4) is 0 Å². The molecule has 2 aliphatic rings. The van der Waals surface area contributed by atoms with Gasteiger partial charge in [-0.05, 0) is 51.7 Å². The summed E-state index contributed by atoms with van der Waals surface area (Å²) in [6, 6.07) is 0.837. The van der Waals surface area contributed by atoms with Crippen molar-refractivity contribution < 1.29 is 0 Å². The molecular weight excluding hydrogens is 210 g/mol. The number of nitrogens with two attached hydrogens (primary N) is 1. The number of nitrogens with zero attached hydrogens (tertiary/aromatic N) is 2. The van der Waals surface area contributed by atoms with E-state index in [-0.39, 0.29) is 5.54 Å². The normalized spacial score (nSPS) is 30.7. The molecule has 1 saturated heterocycles. The molecule has 1 unspecified atom stereocenters. The molecule has 0 aromatic rings. The molecule has 1 saturated carbocycles. The van der Waals surface area contributed by atoms with E-state index >= 15 is 0 Å². The van der Waals surface area contributed by atoms with Crippen LogP contribution in [-0.2, 0) is 0 Å². The lowest BCUT2D eigenvalue weighted by atomic mass is 9.94. The molecule has 1 aliphatic carbocycles. The highest BCUT2D eigenvalue weighted by Crippen LogP contribution is 2.37. The molecule has 2 rings (SSSR count). The first kappa shape index (κ1) is 13.3. The van der Waals surface area contributed by atoms with Crippen molar-refractivity contribution in [2.45, 2.75) is 51.1 Å². The van der Waals surface area contributed by atoms with Crippen LogP contribution in [0.15, 0.2) is 0 Å². The average molecular weight is 239 g/mol. The third kappa shape index (κ3) is 3.01. The fourth-order valence-corrected chi connectivity index (χ4v) is 3.17. The van der Waals surface area contributed by atoms with Crippen LogP contribution < -0.4 is 5.73 Å². The van der Waals surface area contributed by atoms with E-state index in [1.54, 1.807) is 0 Å². The molecule has 3 heteroatoms. The predicted octanol–water partition coefficient (Wildman–Crippen LogP) is 1.53. The lowest BCUT2D eigenvalue weighted by Crippen LogP contribution is -2.56. The Morgan fingerprint density at radius 2 is 2.12 bits per heavy atom. The SMILES string of the molecule is CC(C)CCN(C1CC1)C1(CN)CCN(C)C1. The topological polar surface area (TPSA) is 32.5 Å². The second-order valence-electron chi connectivity index (χ2n) is 6.52. The Morgan fingerprint density at radius 1 is 1.41 bits per heavy atom. The first-order valence-corrected chi connectivity index (χ1v) is 7.23. The predicted molar refractivity (Wildman–Crippen MR) is 73.1 cm³/mol. The molecule has 100 valence electrons. The second kappa shape index (κ2) is 5.25. The smallest absolute Gasteiger partial charge is 0.0473 e. The van der Waals surface area contributed by atoms with Gasteiger partial charge in [0.25, 0.3) is 0 Å². The van der Waals surface area contributed by atoms with E-state index in [0.29, 0.717) is 0 Å². The van der Waals surface area contributed by atoms with Crippen LogP contribution >= 0.6 is 0 Å². The third-order valence-corrected chi connectivity index (χ3v) is 4.45. The molecule has 0 radical (unpaired) electrons. The fraction of sp³-hybridized carbons (Fsp3) is 1.00. The Labute approximate surface area is 106 Å². The van der Waals surface area contributed by atoms with Crippen LogP contribution in [0.4, 0.5) is 0 Å². The van der Waals surface area contributed by atoms with Gasteiger partial charge in [0.05, 0.1) is 0 Å². The van der Waals surface area contributed by atoms with E-state index in [1.807, 2.05) is 0 Å². The molecule has 2 N–H and O–H groups in total. The Morgan fingerprint density at radius 3 is 2.53 bits per heavy atom. The first-order chi connectivity index (χ1) is 8.07. The molecule has 0 aromatic heterocycles. The van der Waals surface area contributed by atoms with Gasteiger partial charge in [-0.25, -0.2) is 0 Å². The highest BCUT2D eigenvalue weighted by atomic mass is 15.3. The highest BCUT2D eigenvalue weighted by molar-refractivity contribution is 5.04. The van der Waals surface area contributed by atoms with Crippen LogP contribution in [0.1, 0.15) is 39.5 Å². The van der Waals surface area contributed by atoms with Gasteiger partial charge in [0.2, 0.25) is 0 Å². The van der Waals surface area contributed by atoms with Crippen molar-refractivity contribution in [3.05, 3.63) is 0 Å². The lowest BCUT2D eigenvalue weighted by molar-refractivity contribution is 0.0868. The molecular formula is C14H29N3. The van der Waals surface area contributed by atoms with Gasteiger partial charge in [-0.15, -0.1) is 0 Å². The van der Waals surface area contributed by atoms with Gasteiger partial charge < -0.3 is 10.6 Å². The number of likely N-dealkylation sites (tertiary alicyclic amines) is 1. The van der Waals surface area contributed by atoms with Crippen molar-refractivity contribution in [2.24, 2.45) is 11.7 Å². The summed E-state index contributed by atoms with van der Waals surface area (Å²) in [4.78, 5) is 5.20. The van der Waals surface area contributed by atoms with Crippen LogP contribution in [0, 0.1) is 5.92 Å². The summed E-state index contributed by atoms with van der Waals surface area (Å²) in [5, 5.41) is 0.